The average molecular weight is 294 g/mol. The van der Waals surface area contributed by atoms with Gasteiger partial charge in [0.05, 0.1) is 11.0 Å². The van der Waals surface area contributed by atoms with Gasteiger partial charge >= 0.3 is 0 Å². The molecule has 2 aromatic rings. The highest BCUT2D eigenvalue weighted by Gasteiger charge is 2.08. The second-order valence-electron chi connectivity index (χ2n) is 4.88. The topological polar surface area (TPSA) is 68.2 Å². The fraction of sp³-hybridized carbons (Fsp3) is 0.429. The summed E-state index contributed by atoms with van der Waals surface area (Å²) in [6.45, 7) is 4.61. The van der Waals surface area contributed by atoms with Crippen molar-refractivity contribution in [3.63, 3.8) is 0 Å². The predicted octanol–water partition coefficient (Wildman–Crippen LogP) is 2.43. The van der Waals surface area contributed by atoms with Crippen molar-refractivity contribution in [3.05, 3.63) is 29.0 Å². The van der Waals surface area contributed by atoms with E-state index in [1.54, 1.807) is 0 Å². The molecule has 1 unspecified atom stereocenters. The van der Waals surface area contributed by atoms with Crippen molar-refractivity contribution in [2.75, 3.05) is 0 Å². The average Bonchev–Trinajstić information content (AvgIpc) is 2.72. The lowest BCUT2D eigenvalue weighted by molar-refractivity contribution is 0.635. The Bertz CT molecular complexity index is 632. The highest BCUT2D eigenvalue weighted by atomic mass is 35.5. The van der Waals surface area contributed by atoms with Gasteiger partial charge < -0.3 is 15.6 Å². The molecule has 1 atom stereocenters. The largest absolute Gasteiger partial charge is 0.370 e. The van der Waals surface area contributed by atoms with Crippen LogP contribution in [0.4, 0.5) is 0 Å². The van der Waals surface area contributed by atoms with Gasteiger partial charge in [-0.15, -0.1) is 0 Å². The van der Waals surface area contributed by atoms with Crippen LogP contribution in [0, 0.1) is 0 Å². The highest BCUT2D eigenvalue weighted by Crippen LogP contribution is 2.19. The number of nitrogens with two attached hydrogens (primary N) is 1. The van der Waals surface area contributed by atoms with E-state index < -0.39 is 0 Å². The molecule has 1 aromatic heterocycles. The summed E-state index contributed by atoms with van der Waals surface area (Å²) in [5, 5.41) is 3.82. The van der Waals surface area contributed by atoms with E-state index in [0.29, 0.717) is 23.6 Å². The number of nitrogens with zero attached hydrogens (tertiary/aromatic N) is 3. The quantitative estimate of drug-likeness (QED) is 0.672. The van der Waals surface area contributed by atoms with Crippen molar-refractivity contribution in [3.8, 4) is 0 Å². The number of hydrogen-bond donors (Lipinski definition) is 2. The number of fused-ring (bicyclic) bond motifs is 1. The molecule has 20 heavy (non-hydrogen) atoms. The van der Waals surface area contributed by atoms with Crippen molar-refractivity contribution in [2.24, 2.45) is 17.8 Å². The minimum absolute atomic E-state index is 0.318. The minimum Gasteiger partial charge on any atom is -0.370 e. The number of benzene rings is 1. The van der Waals surface area contributed by atoms with Crippen LogP contribution in [0.25, 0.3) is 11.0 Å². The number of aryl methyl sites for hydroxylation is 1. The molecule has 1 aromatic carbocycles. The molecule has 6 heteroatoms. The molecule has 0 bridgehead atoms. The van der Waals surface area contributed by atoms with E-state index in [0.717, 1.165) is 23.3 Å². The summed E-state index contributed by atoms with van der Waals surface area (Å²) in [5.41, 5.74) is 7.76. The van der Waals surface area contributed by atoms with E-state index in [9.17, 15) is 0 Å². The van der Waals surface area contributed by atoms with Crippen LogP contribution in [0.2, 0.25) is 5.02 Å². The lowest BCUT2D eigenvalue weighted by atomic mass is 10.3. The molecule has 3 N–H and O–H groups in total. The summed E-state index contributed by atoms with van der Waals surface area (Å²) in [6.07, 6.45) is 1.00. The van der Waals surface area contributed by atoms with E-state index in [-0.39, 0.29) is 0 Å². The number of imidazole rings is 1. The Hall–Kier alpha value is -1.75. The maximum atomic E-state index is 5.97. The first-order valence-electron chi connectivity index (χ1n) is 6.68. The van der Waals surface area contributed by atoms with Crippen LogP contribution in [-0.2, 0) is 13.6 Å². The van der Waals surface area contributed by atoms with E-state index in [4.69, 9.17) is 17.3 Å². The van der Waals surface area contributed by atoms with Gasteiger partial charge in [0, 0.05) is 18.1 Å². The molecule has 0 aliphatic heterocycles. The van der Waals surface area contributed by atoms with Crippen LogP contribution in [-0.4, -0.2) is 21.6 Å². The SMILES string of the molecule is CCC(C)NC(N)=NCc1nc2cc(Cl)ccc2n1C. The third-order valence-electron chi connectivity index (χ3n) is 3.33. The Morgan fingerprint density at radius 2 is 2.30 bits per heavy atom. The van der Waals surface area contributed by atoms with Gasteiger partial charge in [0.25, 0.3) is 0 Å². The Labute approximate surface area is 123 Å². The van der Waals surface area contributed by atoms with Crippen molar-refractivity contribution >= 4 is 28.6 Å². The van der Waals surface area contributed by atoms with Crippen molar-refractivity contribution < 1.29 is 0 Å². The van der Waals surface area contributed by atoms with Crippen molar-refractivity contribution in [1.82, 2.24) is 14.9 Å². The molecule has 2 rings (SSSR count). The maximum Gasteiger partial charge on any atom is 0.189 e. The summed E-state index contributed by atoms with van der Waals surface area (Å²) < 4.78 is 2.01. The molecular formula is C14H20ClN5. The zero-order valence-corrected chi connectivity index (χ0v) is 12.8. The molecular weight excluding hydrogens is 274 g/mol. The second kappa shape index (κ2) is 6.13. The summed E-state index contributed by atoms with van der Waals surface area (Å²) in [7, 11) is 1.96. The lowest BCUT2D eigenvalue weighted by Gasteiger charge is -2.11. The van der Waals surface area contributed by atoms with Gasteiger partial charge in [-0.05, 0) is 31.5 Å². The van der Waals surface area contributed by atoms with Crippen molar-refractivity contribution in [2.45, 2.75) is 32.9 Å². The predicted molar refractivity (Wildman–Crippen MR) is 83.9 cm³/mol. The molecule has 0 saturated carbocycles. The molecule has 0 spiro atoms. The monoisotopic (exact) mass is 293 g/mol. The lowest BCUT2D eigenvalue weighted by Crippen LogP contribution is -2.38. The third kappa shape index (κ3) is 3.22. The van der Waals surface area contributed by atoms with Crippen molar-refractivity contribution in [1.29, 1.82) is 0 Å². The normalized spacial score (nSPS) is 13.7. The van der Waals surface area contributed by atoms with Gasteiger partial charge in [-0.1, -0.05) is 18.5 Å². The molecule has 0 amide bonds. The number of rotatable bonds is 4. The highest BCUT2D eigenvalue weighted by molar-refractivity contribution is 6.31. The van der Waals surface area contributed by atoms with Gasteiger partial charge in [0.1, 0.15) is 12.4 Å². The number of nitrogens with one attached hydrogen (secondary N) is 1. The molecule has 108 valence electrons. The minimum atomic E-state index is 0.318. The third-order valence-corrected chi connectivity index (χ3v) is 3.57. The van der Waals surface area contributed by atoms with E-state index in [1.165, 1.54) is 0 Å². The van der Waals surface area contributed by atoms with Crippen LogP contribution in [0.3, 0.4) is 0 Å². The molecule has 0 aliphatic carbocycles. The number of guanidine groups is 1. The van der Waals surface area contributed by atoms with E-state index in [1.807, 2.05) is 29.8 Å². The Morgan fingerprint density at radius 1 is 1.55 bits per heavy atom. The maximum absolute atomic E-state index is 5.97. The van der Waals surface area contributed by atoms with Crippen LogP contribution >= 0.6 is 11.6 Å². The van der Waals surface area contributed by atoms with Gasteiger partial charge in [-0.2, -0.15) is 0 Å². The Kier molecular flexibility index (Phi) is 4.49. The molecule has 5 nitrogen and oxygen atoms in total. The summed E-state index contributed by atoms with van der Waals surface area (Å²) in [4.78, 5) is 8.86. The number of hydrogen-bond acceptors (Lipinski definition) is 2. The number of halogens is 1. The van der Waals surface area contributed by atoms with Crippen LogP contribution < -0.4 is 11.1 Å². The smallest absolute Gasteiger partial charge is 0.189 e. The van der Waals surface area contributed by atoms with Gasteiger partial charge in [0.15, 0.2) is 5.96 Å². The van der Waals surface area contributed by atoms with Gasteiger partial charge in [-0.3, -0.25) is 0 Å². The molecule has 0 radical (unpaired) electrons. The zero-order valence-electron chi connectivity index (χ0n) is 12.0. The first-order valence-corrected chi connectivity index (χ1v) is 7.06. The molecule has 0 fully saturated rings. The number of aliphatic imine (C=N–C) groups is 1. The van der Waals surface area contributed by atoms with E-state index in [2.05, 4.69) is 29.1 Å². The first-order chi connectivity index (χ1) is 9.51. The first kappa shape index (κ1) is 14.7. The molecule has 0 aliphatic rings. The van der Waals surface area contributed by atoms with Gasteiger partial charge in [0.2, 0.25) is 0 Å². The fourth-order valence-electron chi connectivity index (χ4n) is 1.92. The van der Waals surface area contributed by atoms with Crippen LogP contribution in [0.15, 0.2) is 23.2 Å². The van der Waals surface area contributed by atoms with Gasteiger partial charge in [-0.25, -0.2) is 9.98 Å². The molecule has 0 saturated heterocycles. The summed E-state index contributed by atoms with van der Waals surface area (Å²) >= 11 is 5.97. The van der Waals surface area contributed by atoms with Crippen LogP contribution in [0.1, 0.15) is 26.1 Å². The standard InChI is InChI=1S/C14H20ClN5/c1-4-9(2)18-14(16)17-8-13-19-11-7-10(15)5-6-12(11)20(13)3/h5-7,9H,4,8H2,1-3H3,(H3,16,17,18). The number of aromatic nitrogens is 2. The fourth-order valence-corrected chi connectivity index (χ4v) is 2.09. The Balaban J connectivity index is 2.17. The summed E-state index contributed by atoms with van der Waals surface area (Å²) in [5.74, 6) is 1.31. The van der Waals surface area contributed by atoms with E-state index >= 15 is 0 Å². The molecule has 1 heterocycles. The summed E-state index contributed by atoms with van der Waals surface area (Å²) in [6, 6.07) is 5.99. The zero-order chi connectivity index (χ0) is 14.7. The second-order valence-corrected chi connectivity index (χ2v) is 5.31. The Morgan fingerprint density at radius 3 is 3.00 bits per heavy atom. The van der Waals surface area contributed by atoms with Crippen LogP contribution in [0.5, 0.6) is 0 Å².